The number of ether oxygens (including phenoxy) is 1. The smallest absolute Gasteiger partial charge is 0.505 e. The molecule has 1 heterocycles. The molecule has 1 aromatic heterocycles. The van der Waals surface area contributed by atoms with Gasteiger partial charge in [-0.25, -0.2) is 4.79 Å². The molecule has 0 aliphatic carbocycles. The summed E-state index contributed by atoms with van der Waals surface area (Å²) >= 11 is 0. The zero-order valence-electron chi connectivity index (χ0n) is 10.5. The molecule has 2 aromatic rings. The van der Waals surface area contributed by atoms with Crippen molar-refractivity contribution in [3.8, 4) is 17.2 Å². The van der Waals surface area contributed by atoms with Crippen molar-refractivity contribution in [2.75, 3.05) is 0 Å². The molecular weight excluding hydrogens is 309 g/mol. The fraction of sp³-hybridized carbons (Fsp3) is 0.0833. The molecule has 0 aliphatic rings. The number of hydrogen-bond donors (Lipinski definition) is 2. The van der Waals surface area contributed by atoms with Crippen molar-refractivity contribution in [3.05, 3.63) is 46.4 Å². The Morgan fingerprint density at radius 2 is 1.82 bits per heavy atom. The van der Waals surface area contributed by atoms with Crippen LogP contribution in [0.3, 0.4) is 0 Å². The molecule has 1 aromatic carbocycles. The Morgan fingerprint density at radius 3 is 2.32 bits per heavy atom. The number of carboxylic acids is 1. The molecule has 2 N–H and O–H groups in total. The maximum absolute atomic E-state index is 12.0. The summed E-state index contributed by atoms with van der Waals surface area (Å²) in [6, 6.07) is 4.67. The van der Waals surface area contributed by atoms with Crippen LogP contribution in [0.15, 0.2) is 35.1 Å². The van der Waals surface area contributed by atoms with Gasteiger partial charge in [-0.3, -0.25) is 4.79 Å². The SMILES string of the molecule is O=C(O)c1nn(-c2ccc(OC(F)(F)F)cc2)c(=O)cc1O. The Balaban J connectivity index is 2.42. The highest BCUT2D eigenvalue weighted by molar-refractivity contribution is 5.88. The van der Waals surface area contributed by atoms with E-state index in [1.165, 1.54) is 0 Å². The topological polar surface area (TPSA) is 102 Å². The molecule has 0 spiro atoms. The molecular formula is C12H7F3N2O5. The first-order valence-electron chi connectivity index (χ1n) is 5.60. The van der Waals surface area contributed by atoms with Crippen LogP contribution in [0.25, 0.3) is 5.69 Å². The highest BCUT2D eigenvalue weighted by Gasteiger charge is 2.31. The Bertz CT molecular complexity index is 768. The minimum absolute atomic E-state index is 0.00187. The van der Waals surface area contributed by atoms with Gasteiger partial charge in [0.2, 0.25) is 5.69 Å². The third-order valence-electron chi connectivity index (χ3n) is 2.43. The molecule has 0 fully saturated rings. The third-order valence-corrected chi connectivity index (χ3v) is 2.43. The van der Waals surface area contributed by atoms with Crippen LogP contribution in [-0.2, 0) is 0 Å². The Hall–Kier alpha value is -3.04. The molecule has 116 valence electrons. The summed E-state index contributed by atoms with van der Waals surface area (Å²) < 4.78 is 40.4. The molecule has 0 unspecified atom stereocenters. The normalized spacial score (nSPS) is 11.2. The van der Waals surface area contributed by atoms with E-state index >= 15 is 0 Å². The molecule has 22 heavy (non-hydrogen) atoms. The first-order chi connectivity index (χ1) is 10.2. The molecule has 7 nitrogen and oxygen atoms in total. The summed E-state index contributed by atoms with van der Waals surface area (Å²) in [5.74, 6) is -2.89. The van der Waals surface area contributed by atoms with E-state index < -0.39 is 35.1 Å². The van der Waals surface area contributed by atoms with Crippen LogP contribution in [0, 0.1) is 0 Å². The van der Waals surface area contributed by atoms with Gasteiger partial charge in [0.1, 0.15) is 5.75 Å². The van der Waals surface area contributed by atoms with Gasteiger partial charge in [0.15, 0.2) is 5.75 Å². The standard InChI is InChI=1S/C12H7F3N2O5/c13-12(14,15)22-7-3-1-6(2-4-7)17-9(19)5-8(18)10(16-17)11(20)21/h1-5,18H,(H,20,21). The van der Waals surface area contributed by atoms with Crippen LogP contribution in [-0.4, -0.2) is 32.3 Å². The number of hydrogen-bond acceptors (Lipinski definition) is 5. The largest absolute Gasteiger partial charge is 0.573 e. The van der Waals surface area contributed by atoms with Gasteiger partial charge in [-0.1, -0.05) is 0 Å². The quantitative estimate of drug-likeness (QED) is 0.890. The highest BCUT2D eigenvalue weighted by atomic mass is 19.4. The number of benzene rings is 1. The summed E-state index contributed by atoms with van der Waals surface area (Å²) in [5.41, 5.74) is -1.62. The second-order valence-electron chi connectivity index (χ2n) is 3.98. The van der Waals surface area contributed by atoms with Crippen LogP contribution < -0.4 is 10.3 Å². The Kier molecular flexibility index (Phi) is 3.76. The van der Waals surface area contributed by atoms with Gasteiger partial charge in [0.25, 0.3) is 5.56 Å². The minimum atomic E-state index is -4.86. The van der Waals surface area contributed by atoms with E-state index in [-0.39, 0.29) is 5.69 Å². The zero-order valence-corrected chi connectivity index (χ0v) is 10.5. The molecule has 0 radical (unpaired) electrons. The lowest BCUT2D eigenvalue weighted by Gasteiger charge is -2.10. The number of carboxylic acid groups (broad SMARTS) is 1. The number of halogens is 3. The first kappa shape index (κ1) is 15.4. The average Bonchev–Trinajstić information content (AvgIpc) is 2.38. The lowest BCUT2D eigenvalue weighted by Crippen LogP contribution is -2.23. The van der Waals surface area contributed by atoms with E-state index in [0.29, 0.717) is 10.7 Å². The number of rotatable bonds is 3. The average molecular weight is 316 g/mol. The summed E-state index contributed by atoms with van der Waals surface area (Å²) in [6.07, 6.45) is -4.86. The van der Waals surface area contributed by atoms with E-state index in [0.717, 1.165) is 24.3 Å². The molecule has 0 aliphatic heterocycles. The number of nitrogens with zero attached hydrogens (tertiary/aromatic N) is 2. The molecule has 0 bridgehead atoms. The van der Waals surface area contributed by atoms with Crippen LogP contribution in [0.5, 0.6) is 11.5 Å². The molecule has 0 saturated heterocycles. The number of aromatic nitrogens is 2. The monoisotopic (exact) mass is 316 g/mol. The van der Waals surface area contributed by atoms with Gasteiger partial charge in [-0.05, 0) is 24.3 Å². The number of carbonyl (C=O) groups is 1. The Labute approximate surface area is 119 Å². The van der Waals surface area contributed by atoms with Crippen molar-refractivity contribution in [3.63, 3.8) is 0 Å². The molecule has 0 atom stereocenters. The van der Waals surface area contributed by atoms with Crippen molar-refractivity contribution < 1.29 is 32.9 Å². The van der Waals surface area contributed by atoms with E-state index in [1.54, 1.807) is 0 Å². The highest BCUT2D eigenvalue weighted by Crippen LogP contribution is 2.23. The van der Waals surface area contributed by atoms with Gasteiger partial charge in [-0.15, -0.1) is 13.2 Å². The zero-order chi connectivity index (χ0) is 16.5. The van der Waals surface area contributed by atoms with Crippen molar-refractivity contribution in [2.24, 2.45) is 0 Å². The van der Waals surface area contributed by atoms with E-state index in [1.807, 2.05) is 0 Å². The van der Waals surface area contributed by atoms with E-state index in [9.17, 15) is 27.9 Å². The van der Waals surface area contributed by atoms with Gasteiger partial charge < -0.3 is 14.9 Å². The van der Waals surface area contributed by atoms with Gasteiger partial charge in [0, 0.05) is 6.07 Å². The third kappa shape index (κ3) is 3.34. The van der Waals surface area contributed by atoms with E-state index in [4.69, 9.17) is 5.11 Å². The predicted molar refractivity (Wildman–Crippen MR) is 65.1 cm³/mol. The number of alkyl halides is 3. The predicted octanol–water partition coefficient (Wildman–Crippen LogP) is 1.53. The fourth-order valence-electron chi connectivity index (χ4n) is 1.57. The van der Waals surface area contributed by atoms with Crippen molar-refractivity contribution >= 4 is 5.97 Å². The maximum Gasteiger partial charge on any atom is 0.573 e. The first-order valence-corrected chi connectivity index (χ1v) is 5.60. The van der Waals surface area contributed by atoms with Crippen LogP contribution >= 0.6 is 0 Å². The fourth-order valence-corrected chi connectivity index (χ4v) is 1.57. The van der Waals surface area contributed by atoms with Gasteiger partial charge in [0.05, 0.1) is 5.69 Å². The summed E-state index contributed by atoms with van der Waals surface area (Å²) in [6.45, 7) is 0. The number of aromatic carboxylic acids is 1. The van der Waals surface area contributed by atoms with Crippen molar-refractivity contribution in [1.29, 1.82) is 0 Å². The molecule has 0 saturated carbocycles. The van der Waals surface area contributed by atoms with Gasteiger partial charge in [-0.2, -0.15) is 9.78 Å². The maximum atomic E-state index is 12.0. The summed E-state index contributed by atoms with van der Waals surface area (Å²) in [7, 11) is 0. The molecule has 0 amide bonds. The molecule has 2 rings (SSSR count). The minimum Gasteiger partial charge on any atom is -0.505 e. The second-order valence-corrected chi connectivity index (χ2v) is 3.98. The molecule has 10 heteroatoms. The summed E-state index contributed by atoms with van der Waals surface area (Å²) in [5, 5.41) is 21.6. The van der Waals surface area contributed by atoms with Gasteiger partial charge >= 0.3 is 12.3 Å². The van der Waals surface area contributed by atoms with Crippen molar-refractivity contribution in [1.82, 2.24) is 9.78 Å². The van der Waals surface area contributed by atoms with Crippen LogP contribution in [0.2, 0.25) is 0 Å². The van der Waals surface area contributed by atoms with Crippen LogP contribution in [0.4, 0.5) is 13.2 Å². The second kappa shape index (κ2) is 5.39. The lowest BCUT2D eigenvalue weighted by atomic mass is 10.3. The van der Waals surface area contributed by atoms with Crippen LogP contribution in [0.1, 0.15) is 10.5 Å². The Morgan fingerprint density at radius 1 is 1.23 bits per heavy atom. The van der Waals surface area contributed by atoms with E-state index in [2.05, 4.69) is 9.84 Å². The van der Waals surface area contributed by atoms with Crippen molar-refractivity contribution in [2.45, 2.75) is 6.36 Å². The number of aromatic hydroxyl groups is 1. The lowest BCUT2D eigenvalue weighted by molar-refractivity contribution is -0.274. The summed E-state index contributed by atoms with van der Waals surface area (Å²) in [4.78, 5) is 22.5.